The number of hydrogen-bond acceptors (Lipinski definition) is 15. The van der Waals surface area contributed by atoms with Gasteiger partial charge in [0.05, 0.1) is 36.0 Å². The fourth-order valence-electron chi connectivity index (χ4n) is 5.70. The molecular formula is C33H35IN11O9P. The molecule has 4 aromatic rings. The van der Waals surface area contributed by atoms with Gasteiger partial charge in [-0.25, -0.2) is 19.2 Å². The minimum Gasteiger partial charge on any atom is -0.428 e. The minimum absolute atomic E-state index is 0.0463. The van der Waals surface area contributed by atoms with Crippen molar-refractivity contribution in [2.24, 2.45) is 5.73 Å². The van der Waals surface area contributed by atoms with Gasteiger partial charge in [0.2, 0.25) is 12.7 Å². The van der Waals surface area contributed by atoms with Gasteiger partial charge >= 0.3 is 19.9 Å². The maximum atomic E-state index is 14.2. The molecule has 1 fully saturated rings. The summed E-state index contributed by atoms with van der Waals surface area (Å²) in [6.45, 7) is 5.07. The molecule has 1 atom stereocenters. The Bertz CT molecular complexity index is 2210. The van der Waals surface area contributed by atoms with E-state index in [0.29, 0.717) is 54.0 Å². The molecule has 0 saturated carbocycles. The Morgan fingerprint density at radius 2 is 1.82 bits per heavy atom. The van der Waals surface area contributed by atoms with E-state index >= 15 is 0 Å². The van der Waals surface area contributed by atoms with Crippen LogP contribution in [0.5, 0.6) is 5.75 Å². The van der Waals surface area contributed by atoms with E-state index in [2.05, 4.69) is 53.6 Å². The topological polar surface area (TPSA) is 275 Å². The highest BCUT2D eigenvalue weighted by molar-refractivity contribution is 14.1. The number of alkyl halides is 1. The number of hydrogen-bond donors (Lipinski definition) is 4. The number of nitrogens with one attached hydrogen (secondary N) is 1. The van der Waals surface area contributed by atoms with Gasteiger partial charge in [0.15, 0.2) is 17.2 Å². The number of amides is 2. The first-order valence-corrected chi connectivity index (χ1v) is 19.6. The number of benzene rings is 2. The summed E-state index contributed by atoms with van der Waals surface area (Å²) in [5.41, 5.74) is 7.85. The van der Waals surface area contributed by atoms with Crippen molar-refractivity contribution in [2.45, 2.75) is 30.7 Å². The number of imidazole rings is 1. The van der Waals surface area contributed by atoms with Gasteiger partial charge in [0, 0.05) is 48.4 Å². The molecule has 2 aromatic carbocycles. The Hall–Kier alpha value is -5.58. The predicted molar refractivity (Wildman–Crippen MR) is 203 cm³/mol. The molecule has 22 heteroatoms. The van der Waals surface area contributed by atoms with Crippen LogP contribution in [-0.2, 0) is 34.5 Å². The quantitative estimate of drug-likeness (QED) is 0.0466. The number of primary amides is 1. The van der Waals surface area contributed by atoms with E-state index in [9.17, 15) is 29.5 Å². The highest BCUT2D eigenvalue weighted by Gasteiger charge is 2.32. The number of esters is 1. The number of halogens is 1. The first kappa shape index (κ1) is 40.6. The van der Waals surface area contributed by atoms with Crippen LogP contribution in [0.2, 0.25) is 0 Å². The Morgan fingerprint density at radius 3 is 2.42 bits per heavy atom. The van der Waals surface area contributed by atoms with Crippen molar-refractivity contribution in [2.75, 3.05) is 54.6 Å². The second-order valence-corrected chi connectivity index (χ2v) is 13.8. The Kier molecular flexibility index (Phi) is 13.1. The predicted octanol–water partition coefficient (Wildman–Crippen LogP) is 2.72. The number of nitriles is 2. The first-order chi connectivity index (χ1) is 26.3. The molecule has 0 spiro atoms. The summed E-state index contributed by atoms with van der Waals surface area (Å²) in [7, 11) is -4.77. The zero-order valence-corrected chi connectivity index (χ0v) is 32.5. The highest BCUT2D eigenvalue weighted by atomic mass is 127. The van der Waals surface area contributed by atoms with Crippen LogP contribution in [0, 0.1) is 22.7 Å². The van der Waals surface area contributed by atoms with Gasteiger partial charge in [0.25, 0.3) is 5.95 Å². The summed E-state index contributed by atoms with van der Waals surface area (Å²) in [5.74, 6) is -1.39. The largest absolute Gasteiger partial charge is 0.524 e. The Morgan fingerprint density at radius 1 is 1.11 bits per heavy atom. The standard InChI is InChI=1S/C33H35IN11O9P/c1-3-38-30-31-39-18-23(17-36)45(31)41-32(40-30)44(33(48)53-19-52-28(46)14-21-4-6-24(7-5-21)54-55(49,50)51)27-13-22(16-35)12-26(25(27)15-34)43-10-8-42(9-11-43)20(2)29(37)47/h4-7,12-13,18,20H,3,8-11,14-15,19H2,1-2H3,(H2,37,47)(H,38,40,41)(H2,49,50,51)/t20-/m0/s1. The van der Waals surface area contributed by atoms with Crippen LogP contribution in [-0.4, -0.2) is 97.8 Å². The van der Waals surface area contributed by atoms with Crippen LogP contribution in [0.15, 0.2) is 42.6 Å². The number of piperazine rings is 1. The Labute approximate surface area is 327 Å². The average Bonchev–Trinajstić information content (AvgIpc) is 3.58. The van der Waals surface area contributed by atoms with Crippen LogP contribution in [0.4, 0.5) is 27.9 Å². The fraction of sp³-hybridized carbons (Fsp3) is 0.333. The molecule has 55 heavy (non-hydrogen) atoms. The van der Waals surface area contributed by atoms with E-state index in [1.165, 1.54) is 41.0 Å². The number of anilines is 4. The van der Waals surface area contributed by atoms with Crippen LogP contribution in [0.1, 0.15) is 36.2 Å². The van der Waals surface area contributed by atoms with E-state index < -0.39 is 38.6 Å². The molecule has 1 aliphatic heterocycles. The third-order valence-corrected chi connectivity index (χ3v) is 9.62. The van der Waals surface area contributed by atoms with E-state index in [1.54, 1.807) is 13.0 Å². The molecule has 5 rings (SSSR count). The lowest BCUT2D eigenvalue weighted by Gasteiger charge is -2.39. The molecule has 0 radical (unpaired) electrons. The van der Waals surface area contributed by atoms with Crippen molar-refractivity contribution in [3.8, 4) is 17.9 Å². The molecule has 0 unspecified atom stereocenters. The van der Waals surface area contributed by atoms with Crippen molar-refractivity contribution >= 4 is 77.2 Å². The van der Waals surface area contributed by atoms with E-state index in [1.807, 2.05) is 22.8 Å². The SMILES string of the molecule is CCNc1nc(N(C(=O)OCOC(=O)Cc2ccc(OP(=O)(O)O)cc2)c2cc(C#N)cc(N3CCN([C@@H](C)C(N)=O)CC3)c2CI)nn2c(C#N)cnc12. The van der Waals surface area contributed by atoms with Gasteiger partial charge < -0.3 is 29.9 Å². The van der Waals surface area contributed by atoms with Crippen LogP contribution >= 0.6 is 30.4 Å². The molecule has 288 valence electrons. The van der Waals surface area contributed by atoms with E-state index in [-0.39, 0.29) is 46.5 Å². The average molecular weight is 888 g/mol. The van der Waals surface area contributed by atoms with Crippen LogP contribution in [0.25, 0.3) is 5.65 Å². The minimum atomic E-state index is -4.77. The van der Waals surface area contributed by atoms with Crippen LogP contribution in [0.3, 0.4) is 0 Å². The summed E-state index contributed by atoms with van der Waals surface area (Å²) in [6, 6.07) is 12.2. The lowest BCUT2D eigenvalue weighted by molar-refractivity contribution is -0.150. The smallest absolute Gasteiger partial charge is 0.428 e. The summed E-state index contributed by atoms with van der Waals surface area (Å²) in [5, 5.41) is 27.5. The number of carbonyl (C=O) groups is 3. The Balaban J connectivity index is 1.49. The van der Waals surface area contributed by atoms with Gasteiger partial charge in [0.1, 0.15) is 11.8 Å². The number of fused-ring (bicyclic) bond motifs is 1. The molecule has 3 heterocycles. The highest BCUT2D eigenvalue weighted by Crippen LogP contribution is 2.39. The number of phosphoric ester groups is 1. The lowest BCUT2D eigenvalue weighted by atomic mass is 10.0. The van der Waals surface area contributed by atoms with Gasteiger partial charge in [-0.2, -0.15) is 20.0 Å². The molecular weight excluding hydrogens is 852 g/mol. The summed E-state index contributed by atoms with van der Waals surface area (Å²) in [6.07, 6.45) is -0.0588. The number of nitrogens with two attached hydrogens (primary N) is 1. The van der Waals surface area contributed by atoms with Crippen molar-refractivity contribution in [1.29, 1.82) is 10.5 Å². The third kappa shape index (κ3) is 9.75. The molecule has 20 nitrogen and oxygen atoms in total. The van der Waals surface area contributed by atoms with E-state index in [0.717, 1.165) is 4.90 Å². The summed E-state index contributed by atoms with van der Waals surface area (Å²) in [4.78, 5) is 70.6. The number of ether oxygens (including phenoxy) is 2. The fourth-order valence-corrected chi connectivity index (χ4v) is 6.88. The number of phosphoric acid groups is 1. The maximum absolute atomic E-state index is 14.2. The maximum Gasteiger partial charge on any atom is 0.524 e. The number of carbonyl (C=O) groups excluding carboxylic acids is 3. The molecule has 2 aromatic heterocycles. The van der Waals surface area contributed by atoms with Crippen molar-refractivity contribution in [3.63, 3.8) is 0 Å². The van der Waals surface area contributed by atoms with Crippen LogP contribution < -0.4 is 25.4 Å². The van der Waals surface area contributed by atoms with Gasteiger partial charge in [-0.05, 0) is 43.7 Å². The van der Waals surface area contributed by atoms with Gasteiger partial charge in [-0.3, -0.25) is 24.3 Å². The normalized spacial score (nSPS) is 13.7. The molecule has 5 N–H and O–H groups in total. The van der Waals surface area contributed by atoms with Gasteiger partial charge in [-0.15, -0.1) is 5.10 Å². The third-order valence-electron chi connectivity index (χ3n) is 8.41. The first-order valence-electron chi connectivity index (χ1n) is 16.5. The van der Waals surface area contributed by atoms with Crippen molar-refractivity contribution in [1.82, 2.24) is 24.5 Å². The summed E-state index contributed by atoms with van der Waals surface area (Å²) >= 11 is 2.14. The summed E-state index contributed by atoms with van der Waals surface area (Å²) < 4.78 is 27.8. The monoisotopic (exact) mass is 887 g/mol. The molecule has 0 bridgehead atoms. The van der Waals surface area contributed by atoms with Crippen molar-refractivity contribution < 1.29 is 42.7 Å². The molecule has 1 saturated heterocycles. The second kappa shape index (κ2) is 17.7. The second-order valence-electron chi connectivity index (χ2n) is 11.9. The number of rotatable bonds is 14. The van der Waals surface area contributed by atoms with E-state index in [4.69, 9.17) is 25.0 Å². The zero-order valence-electron chi connectivity index (χ0n) is 29.5. The lowest BCUT2D eigenvalue weighted by Crippen LogP contribution is -2.53. The molecule has 2 amide bonds. The molecule has 0 aliphatic carbocycles. The number of nitrogens with zero attached hydrogens (tertiary/aromatic N) is 9. The number of aromatic nitrogens is 4. The van der Waals surface area contributed by atoms with Crippen molar-refractivity contribution in [3.05, 3.63) is 65.0 Å². The molecule has 1 aliphatic rings. The van der Waals surface area contributed by atoms with Gasteiger partial charge in [-0.1, -0.05) is 34.7 Å². The zero-order chi connectivity index (χ0) is 39.9.